The highest BCUT2D eigenvalue weighted by Crippen LogP contribution is 2.22. The minimum absolute atomic E-state index is 0.0439. The van der Waals surface area contributed by atoms with E-state index in [9.17, 15) is 9.90 Å². The molecule has 5 heteroatoms. The number of nitrogens with zero attached hydrogens (tertiary/aromatic N) is 2. The molecule has 0 saturated carbocycles. The summed E-state index contributed by atoms with van der Waals surface area (Å²) in [7, 11) is 1.88. The van der Waals surface area contributed by atoms with Crippen molar-refractivity contribution in [1.82, 2.24) is 9.55 Å². The van der Waals surface area contributed by atoms with E-state index < -0.39 is 0 Å². The number of imidazole rings is 1. The van der Waals surface area contributed by atoms with Crippen LogP contribution in [-0.4, -0.2) is 20.6 Å². The second kappa shape index (κ2) is 4.70. The zero-order valence-corrected chi connectivity index (χ0v) is 10.9. The zero-order valence-electron chi connectivity index (χ0n) is 10.9. The molecule has 0 aliphatic rings. The number of carbonyl (C=O) groups is 1. The largest absolute Gasteiger partial charge is 0.506 e. The summed E-state index contributed by atoms with van der Waals surface area (Å²) in [5.74, 6) is -0.225. The second-order valence-corrected chi connectivity index (χ2v) is 4.53. The number of aromatic hydroxyl groups is 1. The Balaban J connectivity index is 1.92. The molecule has 2 aromatic carbocycles. The molecule has 3 rings (SSSR count). The number of benzene rings is 2. The van der Waals surface area contributed by atoms with Gasteiger partial charge in [-0.25, -0.2) is 4.98 Å². The molecule has 0 bridgehead atoms. The number of anilines is 1. The van der Waals surface area contributed by atoms with E-state index in [0.717, 1.165) is 11.0 Å². The number of hydrogen-bond donors (Lipinski definition) is 2. The number of phenolic OH excluding ortho intramolecular Hbond substituents is 1. The summed E-state index contributed by atoms with van der Waals surface area (Å²) in [6, 6.07) is 11.9. The fourth-order valence-electron chi connectivity index (χ4n) is 2.04. The average Bonchev–Trinajstić information content (AvgIpc) is 2.82. The molecule has 0 radical (unpaired) electrons. The first-order chi connectivity index (χ1) is 9.65. The Morgan fingerprint density at radius 1 is 1.25 bits per heavy atom. The molecule has 3 aromatic rings. The summed E-state index contributed by atoms with van der Waals surface area (Å²) in [5.41, 5.74) is 2.63. The van der Waals surface area contributed by atoms with E-state index in [0.29, 0.717) is 11.3 Å². The molecule has 0 aliphatic heterocycles. The first-order valence-electron chi connectivity index (χ1n) is 6.15. The molecule has 0 unspecified atom stereocenters. The zero-order chi connectivity index (χ0) is 14.1. The van der Waals surface area contributed by atoms with E-state index in [1.54, 1.807) is 42.7 Å². The maximum absolute atomic E-state index is 12.2. The molecule has 0 saturated heterocycles. The maximum atomic E-state index is 12.2. The summed E-state index contributed by atoms with van der Waals surface area (Å²) >= 11 is 0. The highest BCUT2D eigenvalue weighted by atomic mass is 16.3. The van der Waals surface area contributed by atoms with Gasteiger partial charge in [0.2, 0.25) is 0 Å². The third-order valence-corrected chi connectivity index (χ3v) is 3.14. The number of nitrogens with one attached hydrogen (secondary N) is 1. The minimum Gasteiger partial charge on any atom is -0.506 e. The van der Waals surface area contributed by atoms with Gasteiger partial charge >= 0.3 is 0 Å². The van der Waals surface area contributed by atoms with Crippen molar-refractivity contribution in [2.24, 2.45) is 7.05 Å². The van der Waals surface area contributed by atoms with Crippen molar-refractivity contribution in [2.45, 2.75) is 0 Å². The number of para-hydroxylation sites is 2. The minimum atomic E-state index is -0.269. The van der Waals surface area contributed by atoms with Gasteiger partial charge in [-0.3, -0.25) is 4.79 Å². The highest BCUT2D eigenvalue weighted by molar-refractivity contribution is 6.06. The lowest BCUT2D eigenvalue weighted by molar-refractivity contribution is 0.102. The van der Waals surface area contributed by atoms with Crippen molar-refractivity contribution < 1.29 is 9.90 Å². The monoisotopic (exact) mass is 267 g/mol. The van der Waals surface area contributed by atoms with E-state index in [1.807, 2.05) is 11.6 Å². The third kappa shape index (κ3) is 2.09. The van der Waals surface area contributed by atoms with E-state index in [-0.39, 0.29) is 11.7 Å². The van der Waals surface area contributed by atoms with Gasteiger partial charge in [-0.05, 0) is 30.3 Å². The Hall–Kier alpha value is -2.82. The van der Waals surface area contributed by atoms with Gasteiger partial charge in [0.25, 0.3) is 5.91 Å². The normalized spacial score (nSPS) is 10.7. The van der Waals surface area contributed by atoms with Crippen LogP contribution in [0.1, 0.15) is 10.4 Å². The Kier molecular flexibility index (Phi) is 2.87. The molecular formula is C15H13N3O2. The number of aromatic nitrogens is 2. The van der Waals surface area contributed by atoms with Crippen LogP contribution in [0.4, 0.5) is 5.69 Å². The lowest BCUT2D eigenvalue weighted by Crippen LogP contribution is -2.11. The molecule has 0 aliphatic carbocycles. The molecule has 5 nitrogen and oxygen atoms in total. The number of aryl methyl sites for hydroxylation is 1. The molecular weight excluding hydrogens is 254 g/mol. The lowest BCUT2D eigenvalue weighted by Gasteiger charge is -2.07. The van der Waals surface area contributed by atoms with Crippen LogP contribution >= 0.6 is 0 Å². The fourth-order valence-corrected chi connectivity index (χ4v) is 2.04. The smallest absolute Gasteiger partial charge is 0.255 e. The van der Waals surface area contributed by atoms with Crippen LogP contribution in [0.25, 0.3) is 11.0 Å². The first-order valence-corrected chi connectivity index (χ1v) is 6.15. The van der Waals surface area contributed by atoms with E-state index in [2.05, 4.69) is 10.3 Å². The van der Waals surface area contributed by atoms with Gasteiger partial charge in [-0.1, -0.05) is 12.1 Å². The molecule has 2 N–H and O–H groups in total. The van der Waals surface area contributed by atoms with Crippen molar-refractivity contribution in [3.8, 4) is 5.75 Å². The van der Waals surface area contributed by atoms with E-state index in [1.165, 1.54) is 6.07 Å². The quantitative estimate of drug-likeness (QED) is 0.701. The van der Waals surface area contributed by atoms with Crippen molar-refractivity contribution >= 4 is 22.6 Å². The predicted octanol–water partition coefficient (Wildman–Crippen LogP) is 2.53. The number of phenols is 1. The Morgan fingerprint density at radius 3 is 2.85 bits per heavy atom. The van der Waals surface area contributed by atoms with Gasteiger partial charge in [0.15, 0.2) is 0 Å². The first kappa shape index (κ1) is 12.2. The van der Waals surface area contributed by atoms with Crippen LogP contribution in [0.5, 0.6) is 5.75 Å². The predicted molar refractivity (Wildman–Crippen MR) is 76.8 cm³/mol. The van der Waals surface area contributed by atoms with Gasteiger partial charge < -0.3 is 15.0 Å². The SMILES string of the molecule is Cn1cnc2ccc(C(=O)Nc3ccccc3O)cc21. The number of hydrogen-bond acceptors (Lipinski definition) is 3. The Labute approximate surface area is 115 Å². The van der Waals surface area contributed by atoms with Crippen molar-refractivity contribution in [2.75, 3.05) is 5.32 Å². The Bertz CT molecular complexity index is 793. The Morgan fingerprint density at radius 2 is 2.05 bits per heavy atom. The number of rotatable bonds is 2. The van der Waals surface area contributed by atoms with Crippen molar-refractivity contribution in [3.63, 3.8) is 0 Å². The summed E-state index contributed by atoms with van der Waals surface area (Å²) in [4.78, 5) is 16.4. The van der Waals surface area contributed by atoms with Crippen LogP contribution in [0.15, 0.2) is 48.8 Å². The number of amides is 1. The third-order valence-electron chi connectivity index (χ3n) is 3.14. The molecule has 0 fully saturated rings. The van der Waals surface area contributed by atoms with Crippen LogP contribution in [-0.2, 0) is 7.05 Å². The average molecular weight is 267 g/mol. The number of carbonyl (C=O) groups excluding carboxylic acids is 1. The van der Waals surface area contributed by atoms with Gasteiger partial charge in [-0.15, -0.1) is 0 Å². The van der Waals surface area contributed by atoms with Crippen LogP contribution in [0, 0.1) is 0 Å². The molecule has 1 heterocycles. The van der Waals surface area contributed by atoms with E-state index >= 15 is 0 Å². The summed E-state index contributed by atoms with van der Waals surface area (Å²) < 4.78 is 1.85. The molecule has 1 aromatic heterocycles. The molecule has 1 amide bonds. The van der Waals surface area contributed by atoms with E-state index in [4.69, 9.17) is 0 Å². The van der Waals surface area contributed by atoms with Crippen LogP contribution in [0.2, 0.25) is 0 Å². The maximum Gasteiger partial charge on any atom is 0.255 e. The molecule has 0 spiro atoms. The van der Waals surface area contributed by atoms with Gasteiger partial charge in [-0.2, -0.15) is 0 Å². The summed E-state index contributed by atoms with van der Waals surface area (Å²) in [6.45, 7) is 0. The molecule has 0 atom stereocenters. The number of fused-ring (bicyclic) bond motifs is 1. The molecule has 20 heavy (non-hydrogen) atoms. The highest BCUT2D eigenvalue weighted by Gasteiger charge is 2.10. The second-order valence-electron chi connectivity index (χ2n) is 4.53. The lowest BCUT2D eigenvalue weighted by atomic mass is 10.1. The van der Waals surface area contributed by atoms with Crippen LogP contribution < -0.4 is 5.32 Å². The van der Waals surface area contributed by atoms with Crippen LogP contribution in [0.3, 0.4) is 0 Å². The van der Waals surface area contributed by atoms with Gasteiger partial charge in [0.1, 0.15) is 5.75 Å². The van der Waals surface area contributed by atoms with Gasteiger partial charge in [0.05, 0.1) is 23.0 Å². The molecule has 100 valence electrons. The van der Waals surface area contributed by atoms with Crippen molar-refractivity contribution in [1.29, 1.82) is 0 Å². The van der Waals surface area contributed by atoms with Crippen molar-refractivity contribution in [3.05, 3.63) is 54.4 Å². The van der Waals surface area contributed by atoms with Gasteiger partial charge in [0, 0.05) is 12.6 Å². The standard InChI is InChI=1S/C15H13N3O2/c1-18-9-16-11-7-6-10(8-13(11)18)15(20)17-12-4-2-3-5-14(12)19/h2-9,19H,1H3,(H,17,20). The summed E-state index contributed by atoms with van der Waals surface area (Å²) in [6.07, 6.45) is 1.70. The topological polar surface area (TPSA) is 67.2 Å². The summed E-state index contributed by atoms with van der Waals surface area (Å²) in [5, 5.41) is 12.3. The fraction of sp³-hybridized carbons (Fsp3) is 0.0667.